The van der Waals surface area contributed by atoms with Crippen molar-refractivity contribution < 1.29 is 23.8 Å². The number of benzene rings is 1. The Morgan fingerprint density at radius 3 is 2.81 bits per heavy atom. The molecule has 0 radical (unpaired) electrons. The maximum atomic E-state index is 13.1. The van der Waals surface area contributed by atoms with E-state index in [9.17, 15) is 14.0 Å². The topological polar surface area (TPSA) is 78.9 Å². The summed E-state index contributed by atoms with van der Waals surface area (Å²) in [5, 5.41) is 11.8. The molecular formula is C18H26ClFN2O4. The maximum Gasteiger partial charge on any atom is 0.304 e. The van der Waals surface area contributed by atoms with E-state index < -0.39 is 11.8 Å². The van der Waals surface area contributed by atoms with E-state index in [1.807, 2.05) is 0 Å². The first-order valence-corrected chi connectivity index (χ1v) is 8.59. The number of nitrogens with zero attached hydrogens (tertiary/aromatic N) is 1. The Hall–Kier alpha value is -1.86. The average molecular weight is 389 g/mol. The fourth-order valence-corrected chi connectivity index (χ4v) is 3.18. The van der Waals surface area contributed by atoms with E-state index in [0.717, 1.165) is 19.4 Å². The summed E-state index contributed by atoms with van der Waals surface area (Å²) in [7, 11) is 0. The van der Waals surface area contributed by atoms with Crippen LogP contribution in [0.2, 0.25) is 0 Å². The second kappa shape index (κ2) is 11.0. The van der Waals surface area contributed by atoms with Crippen LogP contribution in [0.1, 0.15) is 26.2 Å². The van der Waals surface area contributed by atoms with Crippen LogP contribution >= 0.6 is 12.4 Å². The van der Waals surface area contributed by atoms with Gasteiger partial charge in [0.2, 0.25) is 0 Å². The van der Waals surface area contributed by atoms with Gasteiger partial charge >= 0.3 is 5.97 Å². The van der Waals surface area contributed by atoms with Crippen molar-refractivity contribution in [3.8, 4) is 5.75 Å². The highest BCUT2D eigenvalue weighted by molar-refractivity contribution is 5.85. The molecule has 1 aliphatic heterocycles. The minimum Gasteiger partial charge on any atom is -0.484 e. The highest BCUT2D eigenvalue weighted by atomic mass is 35.5. The first-order valence-electron chi connectivity index (χ1n) is 8.59. The Morgan fingerprint density at radius 2 is 2.15 bits per heavy atom. The molecule has 1 aromatic rings. The van der Waals surface area contributed by atoms with Gasteiger partial charge in [0.15, 0.2) is 6.61 Å². The number of ether oxygens (including phenoxy) is 1. The van der Waals surface area contributed by atoms with Gasteiger partial charge < -0.3 is 20.1 Å². The number of carboxylic acids is 1. The van der Waals surface area contributed by atoms with Gasteiger partial charge in [-0.1, -0.05) is 19.4 Å². The molecule has 0 unspecified atom stereocenters. The number of carbonyl (C=O) groups excluding carboxylic acids is 1. The number of likely N-dealkylation sites (tertiary alicyclic amines) is 1. The van der Waals surface area contributed by atoms with E-state index in [4.69, 9.17) is 9.84 Å². The first kappa shape index (κ1) is 22.2. The van der Waals surface area contributed by atoms with Crippen LogP contribution < -0.4 is 10.1 Å². The molecular weight excluding hydrogens is 363 g/mol. The van der Waals surface area contributed by atoms with Gasteiger partial charge in [-0.2, -0.15) is 0 Å². The molecule has 0 spiro atoms. The summed E-state index contributed by atoms with van der Waals surface area (Å²) < 4.78 is 18.4. The van der Waals surface area contributed by atoms with E-state index in [-0.39, 0.29) is 37.4 Å². The molecule has 8 heteroatoms. The van der Waals surface area contributed by atoms with Crippen molar-refractivity contribution in [2.24, 2.45) is 5.92 Å². The Balaban J connectivity index is 0.00000338. The molecule has 2 atom stereocenters. The minimum atomic E-state index is -0.817. The molecule has 1 fully saturated rings. The molecule has 0 bridgehead atoms. The number of carbonyl (C=O) groups is 2. The lowest BCUT2D eigenvalue weighted by atomic mass is 9.98. The minimum absolute atomic E-state index is 0. The van der Waals surface area contributed by atoms with Crippen LogP contribution in [0.25, 0.3) is 0 Å². The quantitative estimate of drug-likeness (QED) is 0.678. The molecule has 2 N–H and O–H groups in total. The molecule has 0 aromatic heterocycles. The molecule has 1 amide bonds. The summed E-state index contributed by atoms with van der Waals surface area (Å²) in [5.41, 5.74) is 0. The van der Waals surface area contributed by atoms with Crippen molar-refractivity contribution in [2.45, 2.75) is 32.2 Å². The molecule has 146 valence electrons. The summed E-state index contributed by atoms with van der Waals surface area (Å²) in [6.07, 6.45) is 2.07. The van der Waals surface area contributed by atoms with Crippen LogP contribution in [0, 0.1) is 11.7 Å². The van der Waals surface area contributed by atoms with Crippen LogP contribution in [0.15, 0.2) is 24.3 Å². The Kier molecular flexibility index (Phi) is 9.37. The van der Waals surface area contributed by atoms with Crippen molar-refractivity contribution >= 4 is 24.3 Å². The standard InChI is InChI=1S/C18H25FN2O4.ClH/c1-2-4-13-10-21(8-7-18(23)24)11-16(13)20-17(22)12-25-15-6-3-5-14(19)9-15;/h3,5-6,9,13,16H,2,4,7-8,10-12H2,1H3,(H,20,22)(H,23,24);1H/t13-,16-;/m0./s1. The van der Waals surface area contributed by atoms with E-state index in [1.165, 1.54) is 18.2 Å². The Bertz CT molecular complexity index is 602. The molecule has 1 aliphatic rings. The summed E-state index contributed by atoms with van der Waals surface area (Å²) >= 11 is 0. The lowest BCUT2D eigenvalue weighted by molar-refractivity contribution is -0.137. The fourth-order valence-electron chi connectivity index (χ4n) is 3.18. The van der Waals surface area contributed by atoms with Gasteiger partial charge in [0.05, 0.1) is 6.42 Å². The second-order valence-electron chi connectivity index (χ2n) is 6.37. The van der Waals surface area contributed by atoms with Crippen molar-refractivity contribution in [1.82, 2.24) is 10.2 Å². The fraction of sp³-hybridized carbons (Fsp3) is 0.556. The number of aliphatic carboxylic acids is 1. The highest BCUT2D eigenvalue weighted by Crippen LogP contribution is 2.22. The van der Waals surface area contributed by atoms with Crippen LogP contribution in [0.5, 0.6) is 5.75 Å². The molecule has 6 nitrogen and oxygen atoms in total. The number of hydrogen-bond acceptors (Lipinski definition) is 4. The van der Waals surface area contributed by atoms with Gasteiger partial charge in [-0.3, -0.25) is 9.59 Å². The van der Waals surface area contributed by atoms with Crippen LogP contribution in [0.4, 0.5) is 4.39 Å². The van der Waals surface area contributed by atoms with Crippen molar-refractivity contribution in [2.75, 3.05) is 26.2 Å². The second-order valence-corrected chi connectivity index (χ2v) is 6.37. The average Bonchev–Trinajstić information content (AvgIpc) is 2.93. The van der Waals surface area contributed by atoms with Crippen molar-refractivity contribution in [3.63, 3.8) is 0 Å². The molecule has 0 saturated carbocycles. The maximum absolute atomic E-state index is 13.1. The van der Waals surface area contributed by atoms with Crippen LogP contribution in [-0.4, -0.2) is 54.2 Å². The van der Waals surface area contributed by atoms with Crippen molar-refractivity contribution in [3.05, 3.63) is 30.1 Å². The number of halogens is 2. The molecule has 1 saturated heterocycles. The zero-order valence-electron chi connectivity index (χ0n) is 14.8. The lowest BCUT2D eigenvalue weighted by Gasteiger charge is -2.19. The smallest absolute Gasteiger partial charge is 0.304 e. The van der Waals surface area contributed by atoms with Gasteiger partial charge in [-0.15, -0.1) is 12.4 Å². The number of carboxylic acid groups (broad SMARTS) is 1. The number of rotatable bonds is 9. The third kappa shape index (κ3) is 7.17. The molecule has 1 aromatic carbocycles. The third-order valence-electron chi connectivity index (χ3n) is 4.33. The molecule has 1 heterocycles. The largest absolute Gasteiger partial charge is 0.484 e. The SMILES string of the molecule is CCC[C@H]1CN(CCC(=O)O)C[C@@H]1NC(=O)COc1cccc(F)c1.Cl. The summed E-state index contributed by atoms with van der Waals surface area (Å²) in [6, 6.07) is 5.65. The van der Waals surface area contributed by atoms with Crippen LogP contribution in [-0.2, 0) is 9.59 Å². The third-order valence-corrected chi connectivity index (χ3v) is 4.33. The number of amides is 1. The van der Waals surface area contributed by atoms with Crippen molar-refractivity contribution in [1.29, 1.82) is 0 Å². The zero-order chi connectivity index (χ0) is 18.2. The number of nitrogens with one attached hydrogen (secondary N) is 1. The first-order chi connectivity index (χ1) is 12.0. The van der Waals surface area contributed by atoms with E-state index in [2.05, 4.69) is 17.1 Å². The summed E-state index contributed by atoms with van der Waals surface area (Å²) in [5.74, 6) is -0.865. The van der Waals surface area contributed by atoms with Gasteiger partial charge in [0, 0.05) is 31.7 Å². The van der Waals surface area contributed by atoms with Gasteiger partial charge in [-0.05, 0) is 24.5 Å². The zero-order valence-corrected chi connectivity index (χ0v) is 15.6. The van der Waals surface area contributed by atoms with E-state index in [0.29, 0.717) is 24.8 Å². The summed E-state index contributed by atoms with van der Waals surface area (Å²) in [6.45, 7) is 3.84. The van der Waals surface area contributed by atoms with E-state index >= 15 is 0 Å². The predicted molar refractivity (Wildman–Crippen MR) is 98.2 cm³/mol. The normalized spacial score (nSPS) is 19.6. The number of hydrogen-bond donors (Lipinski definition) is 2. The molecule has 26 heavy (non-hydrogen) atoms. The monoisotopic (exact) mass is 388 g/mol. The summed E-state index contributed by atoms with van der Waals surface area (Å²) in [4.78, 5) is 24.9. The molecule has 0 aliphatic carbocycles. The highest BCUT2D eigenvalue weighted by Gasteiger charge is 2.33. The van der Waals surface area contributed by atoms with Gasteiger partial charge in [0.1, 0.15) is 11.6 Å². The lowest BCUT2D eigenvalue weighted by Crippen LogP contribution is -2.42. The van der Waals surface area contributed by atoms with Gasteiger partial charge in [0.25, 0.3) is 5.91 Å². The Morgan fingerprint density at radius 1 is 1.38 bits per heavy atom. The van der Waals surface area contributed by atoms with Gasteiger partial charge in [-0.25, -0.2) is 4.39 Å². The van der Waals surface area contributed by atoms with Crippen LogP contribution in [0.3, 0.4) is 0 Å². The molecule has 2 rings (SSSR count). The van der Waals surface area contributed by atoms with E-state index in [1.54, 1.807) is 6.07 Å². The Labute approximate surface area is 159 Å². The predicted octanol–water partition coefficient (Wildman–Crippen LogP) is 2.32.